The van der Waals surface area contributed by atoms with Crippen molar-refractivity contribution in [2.75, 3.05) is 5.32 Å². The van der Waals surface area contributed by atoms with Crippen LogP contribution in [0.3, 0.4) is 0 Å². The molecule has 0 radical (unpaired) electrons. The number of nitrogens with zero attached hydrogens (tertiary/aromatic N) is 1. The Morgan fingerprint density at radius 1 is 1.00 bits per heavy atom. The topological polar surface area (TPSA) is 34.0 Å². The summed E-state index contributed by atoms with van der Waals surface area (Å²) in [6.45, 7) is 2.92. The van der Waals surface area contributed by atoms with Gasteiger partial charge in [0.25, 0.3) is 5.56 Å². The van der Waals surface area contributed by atoms with Gasteiger partial charge < -0.3 is 9.88 Å². The Morgan fingerprint density at radius 3 is 2.68 bits per heavy atom. The highest BCUT2D eigenvalue weighted by Gasteiger charge is 2.19. The first-order valence-corrected chi connectivity index (χ1v) is 7.82. The zero-order valence-corrected chi connectivity index (χ0v) is 12.6. The van der Waals surface area contributed by atoms with Crippen LogP contribution < -0.4 is 10.9 Å². The van der Waals surface area contributed by atoms with Crippen LogP contribution in [-0.2, 0) is 6.54 Å². The average Bonchev–Trinajstić information content (AvgIpc) is 2.54. The molecule has 1 aliphatic heterocycles. The number of unbranched alkanes of at least 4 members (excludes halogenated alkanes) is 1. The highest BCUT2D eigenvalue weighted by Crippen LogP contribution is 2.42. The molecule has 0 unspecified atom stereocenters. The molecule has 110 valence electrons. The second-order valence-corrected chi connectivity index (χ2v) is 5.77. The van der Waals surface area contributed by atoms with E-state index in [-0.39, 0.29) is 5.56 Å². The second-order valence-electron chi connectivity index (χ2n) is 5.77. The Hall–Kier alpha value is -2.55. The number of aryl methyl sites for hydroxylation is 1. The summed E-state index contributed by atoms with van der Waals surface area (Å²) in [7, 11) is 0. The predicted molar refractivity (Wildman–Crippen MR) is 91.8 cm³/mol. The number of aromatic nitrogens is 1. The van der Waals surface area contributed by atoms with E-state index < -0.39 is 0 Å². The van der Waals surface area contributed by atoms with Crippen LogP contribution in [0.2, 0.25) is 0 Å². The summed E-state index contributed by atoms with van der Waals surface area (Å²) in [6, 6.07) is 16.1. The van der Waals surface area contributed by atoms with Crippen molar-refractivity contribution >= 4 is 22.3 Å². The number of pyridine rings is 1. The van der Waals surface area contributed by atoms with Crippen LogP contribution in [0.25, 0.3) is 22.0 Å². The number of benzene rings is 2. The molecule has 0 atom stereocenters. The van der Waals surface area contributed by atoms with E-state index in [1.165, 1.54) is 0 Å². The van der Waals surface area contributed by atoms with Gasteiger partial charge in [-0.2, -0.15) is 0 Å². The molecule has 3 heteroatoms. The van der Waals surface area contributed by atoms with Crippen LogP contribution in [0.4, 0.5) is 11.4 Å². The van der Waals surface area contributed by atoms with E-state index in [1.54, 1.807) is 6.07 Å². The lowest BCUT2D eigenvalue weighted by Gasteiger charge is -2.23. The van der Waals surface area contributed by atoms with Gasteiger partial charge in [0.2, 0.25) is 0 Å². The molecule has 0 fully saturated rings. The highest BCUT2D eigenvalue weighted by atomic mass is 16.1. The van der Waals surface area contributed by atoms with Gasteiger partial charge in [0.15, 0.2) is 0 Å². The number of anilines is 2. The molecule has 0 amide bonds. The van der Waals surface area contributed by atoms with Crippen molar-refractivity contribution in [1.82, 2.24) is 4.57 Å². The van der Waals surface area contributed by atoms with E-state index in [0.717, 1.165) is 52.8 Å². The van der Waals surface area contributed by atoms with Crippen molar-refractivity contribution in [2.45, 2.75) is 26.3 Å². The molecule has 1 aromatic heterocycles. The quantitative estimate of drug-likeness (QED) is 0.601. The van der Waals surface area contributed by atoms with Gasteiger partial charge in [-0.05, 0) is 24.6 Å². The highest BCUT2D eigenvalue weighted by molar-refractivity contribution is 6.09. The zero-order valence-electron chi connectivity index (χ0n) is 12.6. The minimum atomic E-state index is 0.0878. The minimum Gasteiger partial charge on any atom is -0.354 e. The lowest BCUT2D eigenvalue weighted by molar-refractivity contribution is 0.632. The first-order chi connectivity index (χ1) is 10.8. The Kier molecular flexibility index (Phi) is 3.00. The molecule has 1 aliphatic rings. The summed E-state index contributed by atoms with van der Waals surface area (Å²) >= 11 is 0. The molecule has 0 saturated carbocycles. The van der Waals surface area contributed by atoms with E-state index in [2.05, 4.69) is 36.5 Å². The summed E-state index contributed by atoms with van der Waals surface area (Å²) in [6.07, 6.45) is 2.10. The number of rotatable bonds is 3. The fourth-order valence-corrected chi connectivity index (χ4v) is 3.28. The van der Waals surface area contributed by atoms with E-state index in [4.69, 9.17) is 0 Å². The summed E-state index contributed by atoms with van der Waals surface area (Å²) < 4.78 is 1.90. The molecular formula is C19H18N2O. The molecule has 0 bridgehead atoms. The number of hydrogen-bond donors (Lipinski definition) is 1. The Balaban J connectivity index is 2.07. The fraction of sp³-hybridized carbons (Fsp3) is 0.211. The van der Waals surface area contributed by atoms with E-state index >= 15 is 0 Å². The third-order valence-electron chi connectivity index (χ3n) is 4.36. The summed E-state index contributed by atoms with van der Waals surface area (Å²) in [5, 5.41) is 4.64. The maximum atomic E-state index is 12.6. The van der Waals surface area contributed by atoms with Crippen molar-refractivity contribution < 1.29 is 0 Å². The van der Waals surface area contributed by atoms with Crippen molar-refractivity contribution in [2.24, 2.45) is 0 Å². The normalized spacial score (nSPS) is 12.0. The number of hydrogen-bond acceptors (Lipinski definition) is 2. The average molecular weight is 290 g/mol. The maximum absolute atomic E-state index is 12.6. The molecule has 0 saturated heterocycles. The van der Waals surface area contributed by atoms with Gasteiger partial charge in [0.1, 0.15) is 0 Å². The van der Waals surface area contributed by atoms with E-state index in [9.17, 15) is 4.79 Å². The van der Waals surface area contributed by atoms with Gasteiger partial charge in [-0.25, -0.2) is 0 Å². The second kappa shape index (κ2) is 5.02. The van der Waals surface area contributed by atoms with Crippen LogP contribution >= 0.6 is 0 Å². The molecule has 1 N–H and O–H groups in total. The molecule has 3 aromatic rings. The lowest BCUT2D eigenvalue weighted by atomic mass is 9.94. The zero-order chi connectivity index (χ0) is 15.1. The summed E-state index contributed by atoms with van der Waals surface area (Å²) in [5.74, 6) is 0. The van der Waals surface area contributed by atoms with Gasteiger partial charge in [0.05, 0.1) is 5.52 Å². The number of para-hydroxylation sites is 1. The minimum absolute atomic E-state index is 0.0878. The van der Waals surface area contributed by atoms with Gasteiger partial charge in [-0.1, -0.05) is 37.6 Å². The Bertz CT molecular complexity index is 924. The SMILES string of the molecule is CCCCn1c(=O)cc2c3c(cccc31)Nc1ccccc1-2. The summed E-state index contributed by atoms with van der Waals surface area (Å²) in [4.78, 5) is 12.6. The van der Waals surface area contributed by atoms with Crippen LogP contribution in [0.5, 0.6) is 0 Å². The molecule has 22 heavy (non-hydrogen) atoms. The predicted octanol–water partition coefficient (Wildman–Crippen LogP) is 4.53. The van der Waals surface area contributed by atoms with Gasteiger partial charge in [-0.3, -0.25) is 4.79 Å². The van der Waals surface area contributed by atoms with Crippen molar-refractivity contribution in [3.63, 3.8) is 0 Å². The monoisotopic (exact) mass is 290 g/mol. The van der Waals surface area contributed by atoms with Crippen LogP contribution in [0, 0.1) is 0 Å². The van der Waals surface area contributed by atoms with Gasteiger partial charge >= 0.3 is 0 Å². The lowest BCUT2D eigenvalue weighted by Crippen LogP contribution is -2.21. The largest absolute Gasteiger partial charge is 0.354 e. The van der Waals surface area contributed by atoms with Gasteiger partial charge in [-0.15, -0.1) is 0 Å². The molecule has 4 rings (SSSR count). The summed E-state index contributed by atoms with van der Waals surface area (Å²) in [5.41, 5.74) is 5.40. The molecular weight excluding hydrogens is 272 g/mol. The molecule has 2 heterocycles. The number of nitrogens with one attached hydrogen (secondary N) is 1. The molecule has 0 spiro atoms. The first-order valence-electron chi connectivity index (χ1n) is 7.82. The molecule has 0 aliphatic carbocycles. The molecule has 3 nitrogen and oxygen atoms in total. The van der Waals surface area contributed by atoms with Crippen molar-refractivity contribution in [3.05, 3.63) is 58.9 Å². The smallest absolute Gasteiger partial charge is 0.251 e. The first kappa shape index (κ1) is 13.1. The van der Waals surface area contributed by atoms with Crippen molar-refractivity contribution in [3.8, 4) is 11.1 Å². The Morgan fingerprint density at radius 2 is 1.82 bits per heavy atom. The van der Waals surface area contributed by atoms with E-state index in [0.29, 0.717) is 0 Å². The van der Waals surface area contributed by atoms with Crippen LogP contribution in [0.15, 0.2) is 53.3 Å². The third-order valence-corrected chi connectivity index (χ3v) is 4.36. The van der Waals surface area contributed by atoms with Crippen LogP contribution in [-0.4, -0.2) is 4.57 Å². The fourth-order valence-electron chi connectivity index (χ4n) is 3.28. The van der Waals surface area contributed by atoms with E-state index in [1.807, 2.05) is 22.8 Å². The van der Waals surface area contributed by atoms with Crippen molar-refractivity contribution in [1.29, 1.82) is 0 Å². The van der Waals surface area contributed by atoms with Gasteiger partial charge in [0, 0.05) is 40.5 Å². The third kappa shape index (κ3) is 1.86. The Labute approximate surface area is 129 Å². The maximum Gasteiger partial charge on any atom is 0.251 e. The molecule has 2 aromatic carbocycles. The van der Waals surface area contributed by atoms with Crippen LogP contribution in [0.1, 0.15) is 19.8 Å². The number of fused-ring (bicyclic) bond motifs is 2. The standard InChI is InChI=1S/C19H18N2O/c1-2-3-11-21-17-10-6-9-16-19(17)14(12-18(21)22)13-7-4-5-8-15(13)20-16/h4-10,12,20H,2-3,11H2,1H3.